The number of esters is 1. The fourth-order valence-electron chi connectivity index (χ4n) is 1.11. The lowest BCUT2D eigenvalue weighted by Crippen LogP contribution is -2.31. The molecule has 0 aromatic carbocycles. The van der Waals surface area contributed by atoms with Crippen LogP contribution in [-0.4, -0.2) is 25.2 Å². The summed E-state index contributed by atoms with van der Waals surface area (Å²) < 4.78 is 4.94. The van der Waals surface area contributed by atoms with Crippen molar-refractivity contribution in [3.63, 3.8) is 0 Å². The Morgan fingerprint density at radius 3 is 2.33 bits per heavy atom. The van der Waals surface area contributed by atoms with E-state index in [0.29, 0.717) is 24.8 Å². The summed E-state index contributed by atoms with van der Waals surface area (Å²) in [4.78, 5) is 11.0. The molecule has 0 aliphatic carbocycles. The summed E-state index contributed by atoms with van der Waals surface area (Å²) in [5, 5.41) is 3.31. The van der Waals surface area contributed by atoms with Gasteiger partial charge in [-0.05, 0) is 19.8 Å². The Balaban J connectivity index is 0. The summed E-state index contributed by atoms with van der Waals surface area (Å²) in [6.07, 6.45) is 2.20. The number of nitrogens with one attached hydrogen (secondary N) is 1. The van der Waals surface area contributed by atoms with E-state index >= 15 is 0 Å². The van der Waals surface area contributed by atoms with E-state index in [4.69, 9.17) is 4.74 Å². The van der Waals surface area contributed by atoms with Gasteiger partial charge in [-0.1, -0.05) is 20.4 Å². The quantitative estimate of drug-likeness (QED) is 0.418. The number of carbonyl (C=O) groups is 1. The molecule has 90 valence electrons. The van der Waals surface area contributed by atoms with Crippen LogP contribution in [0.3, 0.4) is 0 Å². The van der Waals surface area contributed by atoms with Gasteiger partial charge in [-0.3, -0.25) is 0 Å². The molecule has 0 radical (unpaired) electrons. The minimum absolute atomic E-state index is 0. The van der Waals surface area contributed by atoms with Gasteiger partial charge in [0.2, 0.25) is 0 Å². The summed E-state index contributed by atoms with van der Waals surface area (Å²) in [6.45, 7) is 10.6. The zero-order chi connectivity index (χ0) is 11.0. The fourth-order valence-corrected chi connectivity index (χ4v) is 1.11. The predicted octanol–water partition coefficient (Wildman–Crippen LogP) is 2.31. The average molecular weight is 236 g/mol. The van der Waals surface area contributed by atoms with E-state index in [-0.39, 0.29) is 18.4 Å². The van der Waals surface area contributed by atoms with E-state index in [1.54, 1.807) is 6.92 Å². The van der Waals surface area contributed by atoms with Crippen LogP contribution in [0.1, 0.15) is 33.6 Å². The lowest BCUT2D eigenvalue weighted by molar-refractivity contribution is -0.138. The zero-order valence-corrected chi connectivity index (χ0v) is 10.7. The molecule has 0 unspecified atom stereocenters. The number of hydrogen-bond donors (Lipinski definition) is 1. The Morgan fingerprint density at radius 2 is 1.93 bits per heavy atom. The van der Waals surface area contributed by atoms with Crippen molar-refractivity contribution in [1.29, 1.82) is 0 Å². The first kappa shape index (κ1) is 16.9. The highest BCUT2D eigenvalue weighted by Gasteiger charge is 2.04. The molecule has 0 heterocycles. The van der Waals surface area contributed by atoms with Crippen LogP contribution in [0.4, 0.5) is 0 Å². The molecule has 0 amide bonds. The van der Waals surface area contributed by atoms with Crippen LogP contribution in [0.15, 0.2) is 12.2 Å². The van der Waals surface area contributed by atoms with Crippen LogP contribution in [0.2, 0.25) is 0 Å². The van der Waals surface area contributed by atoms with Crippen LogP contribution < -0.4 is 5.32 Å². The molecule has 4 heteroatoms. The molecular formula is C11H22ClNO2. The molecule has 0 atom stereocenters. The van der Waals surface area contributed by atoms with E-state index in [9.17, 15) is 4.79 Å². The molecule has 0 spiro atoms. The highest BCUT2D eigenvalue weighted by Crippen LogP contribution is 1.95. The minimum Gasteiger partial charge on any atom is -0.461 e. The van der Waals surface area contributed by atoms with Crippen molar-refractivity contribution in [2.75, 3.05) is 13.2 Å². The molecule has 0 aliphatic rings. The van der Waals surface area contributed by atoms with Crippen LogP contribution in [0.5, 0.6) is 0 Å². The topological polar surface area (TPSA) is 38.3 Å². The predicted molar refractivity (Wildman–Crippen MR) is 65.4 cm³/mol. The van der Waals surface area contributed by atoms with Crippen LogP contribution in [0.25, 0.3) is 0 Å². The first-order chi connectivity index (χ1) is 6.61. The van der Waals surface area contributed by atoms with Gasteiger partial charge < -0.3 is 10.1 Å². The summed E-state index contributed by atoms with van der Waals surface area (Å²) in [6, 6.07) is 0.526. The molecule has 0 saturated heterocycles. The average Bonchev–Trinajstić information content (AvgIpc) is 2.17. The van der Waals surface area contributed by atoms with Crippen molar-refractivity contribution in [2.24, 2.45) is 0 Å². The summed E-state index contributed by atoms with van der Waals surface area (Å²) in [7, 11) is 0. The van der Waals surface area contributed by atoms with Crippen LogP contribution >= 0.6 is 12.4 Å². The number of ether oxygens (including phenoxy) is 1. The zero-order valence-electron chi connectivity index (χ0n) is 9.84. The minimum atomic E-state index is -0.309. The molecule has 0 fully saturated rings. The van der Waals surface area contributed by atoms with Gasteiger partial charge in [0.05, 0.1) is 0 Å². The Bertz CT molecular complexity index is 191. The molecule has 0 bridgehead atoms. The Kier molecular flexibility index (Phi) is 11.2. The molecular weight excluding hydrogens is 214 g/mol. The number of halogens is 1. The van der Waals surface area contributed by atoms with Crippen molar-refractivity contribution in [3.8, 4) is 0 Å². The standard InChI is InChI=1S/C11H21NO2.ClH/c1-5-10(6-2)12-7-8-14-11(13)9(3)4;/h10,12H,3,5-8H2,1-2,4H3;1H. The molecule has 0 aromatic heterocycles. The van der Waals surface area contributed by atoms with Crippen LogP contribution in [0, 0.1) is 0 Å². The third kappa shape index (κ3) is 8.45. The first-order valence-electron chi connectivity index (χ1n) is 5.17. The van der Waals surface area contributed by atoms with E-state index < -0.39 is 0 Å². The lowest BCUT2D eigenvalue weighted by atomic mass is 10.2. The van der Waals surface area contributed by atoms with Crippen molar-refractivity contribution in [1.82, 2.24) is 5.32 Å². The van der Waals surface area contributed by atoms with Gasteiger partial charge in [-0.15, -0.1) is 12.4 Å². The Hall–Kier alpha value is -0.540. The fraction of sp³-hybridized carbons (Fsp3) is 0.727. The van der Waals surface area contributed by atoms with Crippen molar-refractivity contribution < 1.29 is 9.53 Å². The highest BCUT2D eigenvalue weighted by molar-refractivity contribution is 5.86. The monoisotopic (exact) mass is 235 g/mol. The largest absolute Gasteiger partial charge is 0.461 e. The SMILES string of the molecule is C=C(C)C(=O)OCCNC(CC)CC.Cl. The van der Waals surface area contributed by atoms with Gasteiger partial charge >= 0.3 is 5.97 Å². The van der Waals surface area contributed by atoms with Crippen molar-refractivity contribution in [2.45, 2.75) is 39.7 Å². The molecule has 1 N–H and O–H groups in total. The van der Waals surface area contributed by atoms with E-state index in [1.165, 1.54) is 0 Å². The highest BCUT2D eigenvalue weighted by atomic mass is 35.5. The van der Waals surface area contributed by atoms with Gasteiger partial charge in [0.15, 0.2) is 0 Å². The smallest absolute Gasteiger partial charge is 0.333 e. The summed E-state index contributed by atoms with van der Waals surface area (Å²) >= 11 is 0. The molecule has 0 saturated carbocycles. The lowest BCUT2D eigenvalue weighted by Gasteiger charge is -2.14. The molecule has 0 rings (SSSR count). The third-order valence-electron chi connectivity index (χ3n) is 2.10. The maximum Gasteiger partial charge on any atom is 0.333 e. The second-order valence-corrected chi connectivity index (χ2v) is 3.38. The second kappa shape index (κ2) is 9.99. The number of carbonyl (C=O) groups excluding carboxylic acids is 1. The molecule has 0 aromatic rings. The summed E-state index contributed by atoms with van der Waals surface area (Å²) in [5.74, 6) is -0.309. The maximum absolute atomic E-state index is 11.0. The molecule has 15 heavy (non-hydrogen) atoms. The van der Waals surface area contributed by atoms with Gasteiger partial charge in [0, 0.05) is 18.2 Å². The van der Waals surface area contributed by atoms with Crippen LogP contribution in [-0.2, 0) is 9.53 Å². The van der Waals surface area contributed by atoms with Crippen molar-refractivity contribution >= 4 is 18.4 Å². The number of hydrogen-bond acceptors (Lipinski definition) is 3. The third-order valence-corrected chi connectivity index (χ3v) is 2.10. The van der Waals surface area contributed by atoms with Gasteiger partial charge in [0.25, 0.3) is 0 Å². The summed E-state index contributed by atoms with van der Waals surface area (Å²) in [5.41, 5.74) is 0.451. The Labute approximate surface area is 98.7 Å². The second-order valence-electron chi connectivity index (χ2n) is 3.38. The van der Waals surface area contributed by atoms with E-state index in [2.05, 4.69) is 25.7 Å². The maximum atomic E-state index is 11.0. The van der Waals surface area contributed by atoms with E-state index in [0.717, 1.165) is 12.8 Å². The normalized spacial score (nSPS) is 9.60. The molecule has 0 aliphatic heterocycles. The van der Waals surface area contributed by atoms with Gasteiger partial charge in [-0.25, -0.2) is 4.79 Å². The van der Waals surface area contributed by atoms with Gasteiger partial charge in [-0.2, -0.15) is 0 Å². The van der Waals surface area contributed by atoms with E-state index in [1.807, 2.05) is 0 Å². The Morgan fingerprint density at radius 1 is 1.40 bits per heavy atom. The first-order valence-corrected chi connectivity index (χ1v) is 5.17. The number of rotatable bonds is 7. The van der Waals surface area contributed by atoms with Crippen molar-refractivity contribution in [3.05, 3.63) is 12.2 Å². The van der Waals surface area contributed by atoms with Gasteiger partial charge in [0.1, 0.15) is 6.61 Å². The molecule has 3 nitrogen and oxygen atoms in total.